The molecule has 0 spiro atoms. The summed E-state index contributed by atoms with van der Waals surface area (Å²) in [7, 11) is 0. The first-order valence-electron chi connectivity index (χ1n) is 6.30. The standard InChI is InChI=1S/C12H21N5/c1-10(9-17-5-3-2-4-6-17)16-12-8-14-11(13)7-15-12/h7-8,10H,2-6,9H2,1H3,(H2,13,14)(H,15,16). The van der Waals surface area contributed by atoms with Crippen LogP contribution >= 0.6 is 0 Å². The minimum absolute atomic E-state index is 0.381. The van der Waals surface area contributed by atoms with Crippen molar-refractivity contribution in [1.29, 1.82) is 0 Å². The molecule has 1 aromatic rings. The molecule has 0 radical (unpaired) electrons. The van der Waals surface area contributed by atoms with E-state index in [0.717, 1.165) is 12.4 Å². The molecule has 3 N–H and O–H groups in total. The molecule has 1 aliphatic heterocycles. The fourth-order valence-corrected chi connectivity index (χ4v) is 2.24. The van der Waals surface area contributed by atoms with E-state index in [0.29, 0.717) is 11.9 Å². The van der Waals surface area contributed by atoms with E-state index in [1.807, 2.05) is 0 Å². The van der Waals surface area contributed by atoms with Crippen LogP contribution in [0.1, 0.15) is 26.2 Å². The SMILES string of the molecule is CC(CN1CCCCC1)Nc1cnc(N)cn1. The molecule has 0 bridgehead atoms. The lowest BCUT2D eigenvalue weighted by Crippen LogP contribution is -2.38. The Hall–Kier alpha value is -1.36. The molecule has 1 atom stereocenters. The quantitative estimate of drug-likeness (QED) is 0.824. The molecule has 1 aromatic heterocycles. The van der Waals surface area contributed by atoms with E-state index in [-0.39, 0.29) is 0 Å². The number of nitrogens with two attached hydrogens (primary N) is 1. The summed E-state index contributed by atoms with van der Waals surface area (Å²) in [5.74, 6) is 1.25. The maximum absolute atomic E-state index is 5.50. The second-order valence-corrected chi connectivity index (χ2v) is 4.73. The number of hydrogen-bond acceptors (Lipinski definition) is 5. The average Bonchev–Trinajstić information content (AvgIpc) is 2.33. The first kappa shape index (κ1) is 12.1. The zero-order valence-electron chi connectivity index (χ0n) is 10.4. The lowest BCUT2D eigenvalue weighted by molar-refractivity contribution is 0.223. The number of anilines is 2. The highest BCUT2D eigenvalue weighted by molar-refractivity contribution is 5.36. The third-order valence-corrected chi connectivity index (χ3v) is 3.05. The van der Waals surface area contributed by atoms with E-state index in [9.17, 15) is 0 Å². The van der Waals surface area contributed by atoms with E-state index >= 15 is 0 Å². The Morgan fingerprint density at radius 1 is 1.29 bits per heavy atom. The lowest BCUT2D eigenvalue weighted by Gasteiger charge is -2.29. The number of nitrogens with one attached hydrogen (secondary N) is 1. The van der Waals surface area contributed by atoms with Gasteiger partial charge in [-0.15, -0.1) is 0 Å². The fraction of sp³-hybridized carbons (Fsp3) is 0.667. The number of aromatic nitrogens is 2. The third kappa shape index (κ3) is 3.85. The molecule has 94 valence electrons. The fourth-order valence-electron chi connectivity index (χ4n) is 2.24. The highest BCUT2D eigenvalue weighted by atomic mass is 15.2. The highest BCUT2D eigenvalue weighted by Crippen LogP contribution is 2.10. The van der Waals surface area contributed by atoms with Crippen molar-refractivity contribution in [2.75, 3.05) is 30.7 Å². The zero-order chi connectivity index (χ0) is 12.1. The summed E-state index contributed by atoms with van der Waals surface area (Å²) in [5.41, 5.74) is 5.50. The van der Waals surface area contributed by atoms with Crippen LogP contribution in [0.2, 0.25) is 0 Å². The lowest BCUT2D eigenvalue weighted by atomic mass is 10.1. The van der Waals surface area contributed by atoms with Gasteiger partial charge in [-0.2, -0.15) is 0 Å². The van der Waals surface area contributed by atoms with E-state index < -0.39 is 0 Å². The number of hydrogen-bond donors (Lipinski definition) is 2. The smallest absolute Gasteiger partial charge is 0.144 e. The van der Waals surface area contributed by atoms with Crippen LogP contribution in [0.3, 0.4) is 0 Å². The van der Waals surface area contributed by atoms with Gasteiger partial charge >= 0.3 is 0 Å². The molecular formula is C12H21N5. The van der Waals surface area contributed by atoms with Crippen LogP contribution in [0.25, 0.3) is 0 Å². The van der Waals surface area contributed by atoms with E-state index in [1.165, 1.54) is 32.4 Å². The molecule has 5 heteroatoms. The molecule has 0 aromatic carbocycles. The summed E-state index contributed by atoms with van der Waals surface area (Å²) >= 11 is 0. The summed E-state index contributed by atoms with van der Waals surface area (Å²) < 4.78 is 0. The topological polar surface area (TPSA) is 67.1 Å². The van der Waals surface area contributed by atoms with Crippen molar-refractivity contribution in [3.8, 4) is 0 Å². The third-order valence-electron chi connectivity index (χ3n) is 3.05. The minimum atomic E-state index is 0.381. The summed E-state index contributed by atoms with van der Waals surface area (Å²) in [6.45, 7) is 5.68. The second kappa shape index (κ2) is 5.82. The molecule has 1 fully saturated rings. The molecular weight excluding hydrogens is 214 g/mol. The second-order valence-electron chi connectivity index (χ2n) is 4.73. The number of piperidine rings is 1. The molecule has 0 aliphatic carbocycles. The molecule has 5 nitrogen and oxygen atoms in total. The first-order valence-corrected chi connectivity index (χ1v) is 6.30. The molecule has 2 rings (SSSR count). The van der Waals surface area contributed by atoms with Crippen molar-refractivity contribution >= 4 is 11.6 Å². The van der Waals surface area contributed by atoms with Crippen molar-refractivity contribution in [1.82, 2.24) is 14.9 Å². The first-order chi connectivity index (χ1) is 8.24. The van der Waals surface area contributed by atoms with Gasteiger partial charge in [-0.25, -0.2) is 9.97 Å². The summed E-state index contributed by atoms with van der Waals surface area (Å²) in [4.78, 5) is 10.7. The van der Waals surface area contributed by atoms with Crippen LogP contribution in [-0.2, 0) is 0 Å². The largest absolute Gasteiger partial charge is 0.382 e. The highest BCUT2D eigenvalue weighted by Gasteiger charge is 2.13. The minimum Gasteiger partial charge on any atom is -0.382 e. The molecule has 0 saturated carbocycles. The van der Waals surface area contributed by atoms with Gasteiger partial charge in [-0.1, -0.05) is 6.42 Å². The van der Waals surface area contributed by atoms with E-state index in [1.54, 1.807) is 12.4 Å². The van der Waals surface area contributed by atoms with Gasteiger partial charge < -0.3 is 16.0 Å². The Labute approximate surface area is 102 Å². The van der Waals surface area contributed by atoms with Crippen LogP contribution in [-0.4, -0.2) is 40.5 Å². The van der Waals surface area contributed by atoms with Crippen LogP contribution < -0.4 is 11.1 Å². The van der Waals surface area contributed by atoms with E-state index in [2.05, 4.69) is 27.1 Å². The normalized spacial score (nSPS) is 18.9. The number of nitrogens with zero attached hydrogens (tertiary/aromatic N) is 3. The van der Waals surface area contributed by atoms with Crippen LogP contribution in [0.5, 0.6) is 0 Å². The molecule has 0 amide bonds. The van der Waals surface area contributed by atoms with Gasteiger partial charge in [0, 0.05) is 12.6 Å². The van der Waals surface area contributed by atoms with Crippen molar-refractivity contribution in [3.05, 3.63) is 12.4 Å². The van der Waals surface area contributed by atoms with Gasteiger partial charge in [0.1, 0.15) is 11.6 Å². The predicted octanol–water partition coefficient (Wildman–Crippen LogP) is 1.35. The van der Waals surface area contributed by atoms with Crippen LogP contribution in [0, 0.1) is 0 Å². The van der Waals surface area contributed by atoms with Gasteiger partial charge in [0.15, 0.2) is 0 Å². The number of likely N-dealkylation sites (tertiary alicyclic amines) is 1. The monoisotopic (exact) mass is 235 g/mol. The molecule has 17 heavy (non-hydrogen) atoms. The Morgan fingerprint density at radius 2 is 2.06 bits per heavy atom. The Morgan fingerprint density at radius 3 is 2.71 bits per heavy atom. The van der Waals surface area contributed by atoms with Gasteiger partial charge in [0.2, 0.25) is 0 Å². The molecule has 2 heterocycles. The Kier molecular flexibility index (Phi) is 4.14. The zero-order valence-corrected chi connectivity index (χ0v) is 10.4. The van der Waals surface area contributed by atoms with Crippen molar-refractivity contribution in [3.63, 3.8) is 0 Å². The van der Waals surface area contributed by atoms with Crippen LogP contribution in [0.15, 0.2) is 12.4 Å². The van der Waals surface area contributed by atoms with Gasteiger partial charge in [-0.05, 0) is 32.9 Å². The maximum Gasteiger partial charge on any atom is 0.144 e. The number of rotatable bonds is 4. The predicted molar refractivity (Wildman–Crippen MR) is 69.8 cm³/mol. The number of nitrogen functional groups attached to an aromatic ring is 1. The average molecular weight is 235 g/mol. The van der Waals surface area contributed by atoms with Crippen molar-refractivity contribution in [2.24, 2.45) is 0 Å². The Balaban J connectivity index is 1.79. The van der Waals surface area contributed by atoms with Crippen molar-refractivity contribution < 1.29 is 0 Å². The molecule has 1 aliphatic rings. The van der Waals surface area contributed by atoms with Gasteiger partial charge in [0.05, 0.1) is 12.4 Å². The summed E-state index contributed by atoms with van der Waals surface area (Å²) in [6.07, 6.45) is 7.29. The molecule has 1 unspecified atom stereocenters. The van der Waals surface area contributed by atoms with Crippen LogP contribution in [0.4, 0.5) is 11.6 Å². The van der Waals surface area contributed by atoms with Gasteiger partial charge in [-0.3, -0.25) is 0 Å². The summed E-state index contributed by atoms with van der Waals surface area (Å²) in [6, 6.07) is 0.381. The Bertz CT molecular complexity index is 331. The summed E-state index contributed by atoms with van der Waals surface area (Å²) in [5, 5.41) is 3.35. The van der Waals surface area contributed by atoms with Crippen molar-refractivity contribution in [2.45, 2.75) is 32.2 Å². The van der Waals surface area contributed by atoms with Gasteiger partial charge in [0.25, 0.3) is 0 Å². The molecule has 1 saturated heterocycles. The maximum atomic E-state index is 5.50. The van der Waals surface area contributed by atoms with E-state index in [4.69, 9.17) is 5.73 Å².